The molecule has 0 spiro atoms. The summed E-state index contributed by atoms with van der Waals surface area (Å²) in [5.41, 5.74) is 0.159. The first-order valence-electron chi connectivity index (χ1n) is 8.85. The molecule has 30 heavy (non-hydrogen) atoms. The Morgan fingerprint density at radius 1 is 1.27 bits per heavy atom. The Hall–Kier alpha value is -2.69. The van der Waals surface area contributed by atoms with E-state index in [9.17, 15) is 17.6 Å². The maximum absolute atomic E-state index is 15.0. The van der Waals surface area contributed by atoms with Gasteiger partial charge in [0.15, 0.2) is 0 Å². The third kappa shape index (κ3) is 4.40. The predicted octanol–water partition coefficient (Wildman–Crippen LogP) is 4.99. The third-order valence-electron chi connectivity index (χ3n) is 4.28. The average molecular weight is 450 g/mol. The van der Waals surface area contributed by atoms with Gasteiger partial charge in [-0.05, 0) is 25.5 Å². The summed E-state index contributed by atoms with van der Waals surface area (Å²) in [6, 6.07) is 0.545. The quantitative estimate of drug-likeness (QED) is 0.312. The molecule has 3 aromatic rings. The summed E-state index contributed by atoms with van der Waals surface area (Å²) in [6.07, 6.45) is -3.34. The number of aryl methyl sites for hydroxylation is 1. The van der Waals surface area contributed by atoms with Crippen LogP contribution in [0.5, 0.6) is 5.75 Å². The van der Waals surface area contributed by atoms with E-state index in [0.29, 0.717) is 5.56 Å². The Morgan fingerprint density at radius 3 is 2.63 bits per heavy atom. The highest BCUT2D eigenvalue weighted by molar-refractivity contribution is 6.33. The van der Waals surface area contributed by atoms with Gasteiger partial charge in [-0.3, -0.25) is 4.39 Å². The molecule has 0 bridgehead atoms. The van der Waals surface area contributed by atoms with Gasteiger partial charge in [0.1, 0.15) is 34.9 Å². The fourth-order valence-corrected chi connectivity index (χ4v) is 3.08. The molecule has 2 aromatic heterocycles. The first-order valence-corrected chi connectivity index (χ1v) is 9.23. The highest BCUT2D eigenvalue weighted by Crippen LogP contribution is 2.40. The molecule has 0 unspecified atom stereocenters. The smallest absolute Gasteiger partial charge is 0.408 e. The number of fused-ring (bicyclic) bond motifs is 1. The molecule has 6 nitrogen and oxygen atoms in total. The van der Waals surface area contributed by atoms with Gasteiger partial charge in [-0.15, -0.1) is 0 Å². The van der Waals surface area contributed by atoms with Gasteiger partial charge in [0.2, 0.25) is 0 Å². The summed E-state index contributed by atoms with van der Waals surface area (Å²) in [6.45, 7) is 1.92. The van der Waals surface area contributed by atoms with Crippen molar-refractivity contribution >= 4 is 23.2 Å². The van der Waals surface area contributed by atoms with Crippen molar-refractivity contribution in [1.29, 1.82) is 0 Å². The Morgan fingerprint density at radius 2 is 2.00 bits per heavy atom. The molecule has 0 aliphatic rings. The maximum Gasteiger partial charge on any atom is 0.408 e. The zero-order valence-electron chi connectivity index (χ0n) is 15.9. The predicted molar refractivity (Wildman–Crippen MR) is 101 cm³/mol. The minimum atomic E-state index is -4.58. The van der Waals surface area contributed by atoms with Crippen molar-refractivity contribution in [1.82, 2.24) is 19.6 Å². The molecular weight excluding hydrogens is 433 g/mol. The SMILES string of the molecule is Cc1cc(OCCCF)cc(F)c1-c1c(Cl)nc2ncnn2c1N[C@@H](C)C(F)(F)F. The maximum atomic E-state index is 15.0. The minimum absolute atomic E-state index is 0.0511. The number of aromatic nitrogens is 4. The number of nitrogens with one attached hydrogen (secondary N) is 1. The van der Waals surface area contributed by atoms with Crippen LogP contribution in [0.3, 0.4) is 0 Å². The van der Waals surface area contributed by atoms with Crippen molar-refractivity contribution in [2.75, 3.05) is 18.6 Å². The number of benzene rings is 1. The fraction of sp³-hybridized carbons (Fsp3) is 0.389. The van der Waals surface area contributed by atoms with Gasteiger partial charge in [0.25, 0.3) is 5.78 Å². The van der Waals surface area contributed by atoms with E-state index in [4.69, 9.17) is 16.3 Å². The van der Waals surface area contributed by atoms with Crippen LogP contribution in [0.4, 0.5) is 27.8 Å². The Kier molecular flexibility index (Phi) is 6.30. The monoisotopic (exact) mass is 449 g/mol. The van der Waals surface area contributed by atoms with Crippen molar-refractivity contribution in [2.45, 2.75) is 32.5 Å². The standard InChI is InChI=1S/C18H17ClF5N5O/c1-9-6-11(30-5-3-4-20)7-12(21)13(9)14-15(19)28-17-25-8-26-29(17)16(14)27-10(2)18(22,23)24/h6-8,10,27H,3-5H2,1-2H3/t10-/m0/s1. The molecule has 0 radical (unpaired) electrons. The Labute approximate surface area is 173 Å². The van der Waals surface area contributed by atoms with Crippen LogP contribution >= 0.6 is 11.6 Å². The lowest BCUT2D eigenvalue weighted by Gasteiger charge is -2.22. The van der Waals surface area contributed by atoms with E-state index in [1.165, 1.54) is 6.07 Å². The number of alkyl halides is 4. The molecule has 0 saturated carbocycles. The van der Waals surface area contributed by atoms with Gasteiger partial charge in [0, 0.05) is 18.1 Å². The second-order valence-electron chi connectivity index (χ2n) is 6.49. The van der Waals surface area contributed by atoms with E-state index < -0.39 is 24.7 Å². The lowest BCUT2D eigenvalue weighted by molar-refractivity contribution is -0.138. The van der Waals surface area contributed by atoms with Gasteiger partial charge in [-0.25, -0.2) is 4.39 Å². The Balaban J connectivity index is 2.16. The molecule has 12 heteroatoms. The van der Waals surface area contributed by atoms with Crippen LogP contribution in [0.2, 0.25) is 5.15 Å². The number of ether oxygens (including phenoxy) is 1. The molecule has 3 rings (SSSR count). The van der Waals surface area contributed by atoms with Crippen LogP contribution in [0.15, 0.2) is 18.5 Å². The van der Waals surface area contributed by atoms with Crippen LogP contribution in [0.1, 0.15) is 18.9 Å². The number of hydrogen-bond donors (Lipinski definition) is 1. The lowest BCUT2D eigenvalue weighted by atomic mass is 10.0. The Bertz CT molecular complexity index is 1030. The molecule has 1 N–H and O–H groups in total. The van der Waals surface area contributed by atoms with Crippen LogP contribution in [0, 0.1) is 12.7 Å². The molecule has 162 valence electrons. The average Bonchev–Trinajstić information content (AvgIpc) is 3.10. The van der Waals surface area contributed by atoms with Gasteiger partial charge in [-0.2, -0.15) is 32.8 Å². The van der Waals surface area contributed by atoms with E-state index in [-0.39, 0.29) is 46.7 Å². The summed E-state index contributed by atoms with van der Waals surface area (Å²) in [5, 5.41) is 5.93. The second-order valence-corrected chi connectivity index (χ2v) is 6.85. The van der Waals surface area contributed by atoms with E-state index >= 15 is 4.39 Å². The second kappa shape index (κ2) is 8.58. The van der Waals surface area contributed by atoms with E-state index in [1.54, 1.807) is 6.92 Å². The van der Waals surface area contributed by atoms with Gasteiger partial charge < -0.3 is 10.1 Å². The molecule has 0 amide bonds. The zero-order valence-corrected chi connectivity index (χ0v) is 16.7. The lowest BCUT2D eigenvalue weighted by Crippen LogP contribution is -2.34. The van der Waals surface area contributed by atoms with Gasteiger partial charge >= 0.3 is 6.18 Å². The van der Waals surface area contributed by atoms with Gasteiger partial charge in [0.05, 0.1) is 18.8 Å². The zero-order chi connectivity index (χ0) is 22.1. The summed E-state index contributed by atoms with van der Waals surface area (Å²) in [4.78, 5) is 7.84. The molecule has 0 saturated heterocycles. The fourth-order valence-electron chi connectivity index (χ4n) is 2.82. The van der Waals surface area contributed by atoms with Crippen molar-refractivity contribution in [3.05, 3.63) is 35.0 Å². The highest BCUT2D eigenvalue weighted by Gasteiger charge is 2.37. The molecule has 0 aliphatic carbocycles. The summed E-state index contributed by atoms with van der Waals surface area (Å²) >= 11 is 6.23. The van der Waals surface area contributed by atoms with Crippen LogP contribution in [-0.4, -0.2) is 45.1 Å². The normalized spacial score (nSPS) is 12.9. The number of hydrogen-bond acceptors (Lipinski definition) is 5. The third-order valence-corrected chi connectivity index (χ3v) is 4.56. The highest BCUT2D eigenvalue weighted by atomic mass is 35.5. The molecule has 1 aromatic carbocycles. The molecule has 2 heterocycles. The van der Waals surface area contributed by atoms with Crippen molar-refractivity contribution < 1.29 is 26.7 Å². The van der Waals surface area contributed by atoms with E-state index in [2.05, 4.69) is 20.4 Å². The number of rotatable bonds is 7. The summed E-state index contributed by atoms with van der Waals surface area (Å²) in [5.74, 6) is -0.896. The van der Waals surface area contributed by atoms with Crippen LogP contribution in [-0.2, 0) is 0 Å². The first-order chi connectivity index (χ1) is 14.1. The number of anilines is 1. The topological polar surface area (TPSA) is 64.3 Å². The van der Waals surface area contributed by atoms with Crippen molar-refractivity contribution in [2.24, 2.45) is 0 Å². The van der Waals surface area contributed by atoms with Crippen LogP contribution in [0.25, 0.3) is 16.9 Å². The van der Waals surface area contributed by atoms with E-state index in [1.807, 2.05) is 0 Å². The van der Waals surface area contributed by atoms with E-state index in [0.717, 1.165) is 23.8 Å². The largest absolute Gasteiger partial charge is 0.493 e. The first kappa shape index (κ1) is 22.0. The minimum Gasteiger partial charge on any atom is -0.493 e. The van der Waals surface area contributed by atoms with Crippen molar-refractivity contribution in [3.63, 3.8) is 0 Å². The van der Waals surface area contributed by atoms with Crippen LogP contribution < -0.4 is 10.1 Å². The van der Waals surface area contributed by atoms with Crippen molar-refractivity contribution in [3.8, 4) is 16.9 Å². The molecule has 1 atom stereocenters. The summed E-state index contributed by atoms with van der Waals surface area (Å²) in [7, 11) is 0. The number of nitrogens with zero attached hydrogens (tertiary/aromatic N) is 4. The molecule has 0 aliphatic heterocycles. The molecule has 0 fully saturated rings. The van der Waals surface area contributed by atoms with Gasteiger partial charge in [-0.1, -0.05) is 11.6 Å². The number of halogens is 6. The summed E-state index contributed by atoms with van der Waals surface area (Å²) < 4.78 is 73.1. The molecular formula is C18H17ClF5N5O.